The molecule has 1 aromatic rings. The maximum atomic E-state index is 6.39. The molecule has 18 heavy (non-hydrogen) atoms. The lowest BCUT2D eigenvalue weighted by Crippen LogP contribution is -2.50. The van der Waals surface area contributed by atoms with Gasteiger partial charge in [0.2, 0.25) is 0 Å². The number of likely N-dealkylation sites (tertiary alicyclic amines) is 1. The van der Waals surface area contributed by atoms with Gasteiger partial charge in [0.25, 0.3) is 0 Å². The van der Waals surface area contributed by atoms with Gasteiger partial charge in [-0.1, -0.05) is 13.8 Å². The number of hydrogen-bond acceptors (Lipinski definition) is 3. The van der Waals surface area contributed by atoms with Crippen LogP contribution in [0.2, 0.25) is 0 Å². The zero-order valence-electron chi connectivity index (χ0n) is 12.1. The fourth-order valence-electron chi connectivity index (χ4n) is 3.51. The zero-order valence-corrected chi connectivity index (χ0v) is 12.1. The van der Waals surface area contributed by atoms with E-state index in [4.69, 9.17) is 5.73 Å². The van der Waals surface area contributed by atoms with Crippen LogP contribution < -0.4 is 5.73 Å². The van der Waals surface area contributed by atoms with E-state index in [1.54, 1.807) is 0 Å². The smallest absolute Gasteiger partial charge is 0.0525 e. The molecule has 0 radical (unpaired) electrons. The topological polar surface area (TPSA) is 47.1 Å². The highest BCUT2D eigenvalue weighted by molar-refractivity contribution is 5.37. The van der Waals surface area contributed by atoms with Crippen LogP contribution in [-0.4, -0.2) is 40.9 Å². The summed E-state index contributed by atoms with van der Waals surface area (Å²) in [7, 11) is 4.24. The Morgan fingerprint density at radius 3 is 2.50 bits per heavy atom. The van der Waals surface area contributed by atoms with Gasteiger partial charge in [0.1, 0.15) is 0 Å². The van der Waals surface area contributed by atoms with Crippen molar-refractivity contribution >= 4 is 0 Å². The lowest BCUT2D eigenvalue weighted by molar-refractivity contribution is 0.165. The van der Waals surface area contributed by atoms with Gasteiger partial charge < -0.3 is 10.6 Å². The van der Waals surface area contributed by atoms with E-state index in [1.807, 2.05) is 24.7 Å². The fourth-order valence-corrected chi connectivity index (χ4v) is 3.51. The van der Waals surface area contributed by atoms with Gasteiger partial charge in [-0.25, -0.2) is 0 Å². The molecule has 0 bridgehead atoms. The standard InChI is InChI=1S/C12H20N4.C2H6/c1-15-5-3-12(4-6-15)10(13)7-9-8-14-16(2)11(9)12;1-2/h8,10H,3-7,13H2,1-2H3;1-2H3/t10-;/m1./s1. The number of nitrogens with zero attached hydrogens (tertiary/aromatic N) is 3. The highest BCUT2D eigenvalue weighted by Gasteiger charge is 2.48. The van der Waals surface area contributed by atoms with Crippen molar-refractivity contribution in [2.75, 3.05) is 20.1 Å². The van der Waals surface area contributed by atoms with Crippen LogP contribution in [0.1, 0.15) is 37.9 Å². The molecular weight excluding hydrogens is 224 g/mol. The average molecular weight is 250 g/mol. The van der Waals surface area contributed by atoms with Crippen molar-refractivity contribution in [2.24, 2.45) is 12.8 Å². The molecule has 1 aliphatic carbocycles. The highest BCUT2D eigenvalue weighted by Crippen LogP contribution is 2.44. The van der Waals surface area contributed by atoms with Gasteiger partial charge in [0.05, 0.1) is 6.20 Å². The number of hydrogen-bond donors (Lipinski definition) is 1. The number of piperidine rings is 1. The molecular formula is C14H26N4. The number of aryl methyl sites for hydroxylation is 1. The lowest BCUT2D eigenvalue weighted by Gasteiger charge is -2.41. The van der Waals surface area contributed by atoms with E-state index >= 15 is 0 Å². The second-order valence-electron chi connectivity index (χ2n) is 5.41. The summed E-state index contributed by atoms with van der Waals surface area (Å²) in [4.78, 5) is 2.40. The summed E-state index contributed by atoms with van der Waals surface area (Å²) in [5.74, 6) is 0. The zero-order chi connectivity index (χ0) is 13.3. The minimum atomic E-state index is 0.201. The normalized spacial score (nSPS) is 25.7. The van der Waals surface area contributed by atoms with Crippen LogP contribution in [0.4, 0.5) is 0 Å². The molecule has 0 unspecified atom stereocenters. The van der Waals surface area contributed by atoms with E-state index in [1.165, 1.54) is 24.1 Å². The molecule has 0 amide bonds. The lowest BCUT2D eigenvalue weighted by atomic mass is 9.73. The molecule has 1 fully saturated rings. The largest absolute Gasteiger partial charge is 0.327 e. The molecule has 102 valence electrons. The molecule has 1 aromatic heterocycles. The van der Waals surface area contributed by atoms with E-state index in [9.17, 15) is 0 Å². The van der Waals surface area contributed by atoms with Crippen LogP contribution in [0.15, 0.2) is 6.20 Å². The SMILES string of the molecule is CC.CN1CCC2(CC1)c1c(cnn1C)C[C@H]2N. The number of rotatable bonds is 0. The first-order valence-electron chi connectivity index (χ1n) is 7.09. The average Bonchev–Trinajstić information content (AvgIpc) is 2.87. The molecule has 1 spiro atoms. The quantitative estimate of drug-likeness (QED) is 0.755. The third kappa shape index (κ3) is 1.88. The first-order chi connectivity index (χ1) is 8.63. The Morgan fingerprint density at radius 1 is 1.28 bits per heavy atom. The van der Waals surface area contributed by atoms with Crippen LogP contribution in [-0.2, 0) is 18.9 Å². The van der Waals surface area contributed by atoms with Gasteiger partial charge in [-0.15, -0.1) is 0 Å². The molecule has 1 saturated heterocycles. The Kier molecular flexibility index (Phi) is 3.78. The number of fused-ring (bicyclic) bond motifs is 2. The molecule has 3 rings (SSSR count). The van der Waals surface area contributed by atoms with Crippen molar-refractivity contribution in [1.82, 2.24) is 14.7 Å². The van der Waals surface area contributed by atoms with Crippen molar-refractivity contribution in [3.05, 3.63) is 17.5 Å². The maximum absolute atomic E-state index is 6.39. The first kappa shape index (κ1) is 13.6. The van der Waals surface area contributed by atoms with Gasteiger partial charge in [-0.2, -0.15) is 5.10 Å². The minimum Gasteiger partial charge on any atom is -0.327 e. The van der Waals surface area contributed by atoms with E-state index < -0.39 is 0 Å². The van der Waals surface area contributed by atoms with Crippen LogP contribution in [0.5, 0.6) is 0 Å². The van der Waals surface area contributed by atoms with Gasteiger partial charge in [-0.05, 0) is 45.0 Å². The van der Waals surface area contributed by atoms with Crippen LogP contribution in [0.3, 0.4) is 0 Å². The molecule has 0 saturated carbocycles. The third-order valence-corrected chi connectivity index (χ3v) is 4.52. The van der Waals surface area contributed by atoms with Gasteiger partial charge in [-0.3, -0.25) is 4.68 Å². The molecule has 2 N–H and O–H groups in total. The summed E-state index contributed by atoms with van der Waals surface area (Å²) in [6.07, 6.45) is 5.36. The second-order valence-corrected chi connectivity index (χ2v) is 5.41. The van der Waals surface area contributed by atoms with Gasteiger partial charge >= 0.3 is 0 Å². The van der Waals surface area contributed by atoms with E-state index in [-0.39, 0.29) is 5.41 Å². The molecule has 2 heterocycles. The Bertz CT molecular complexity index is 402. The molecule has 0 aromatic carbocycles. The summed E-state index contributed by atoms with van der Waals surface area (Å²) in [6, 6.07) is 0.292. The monoisotopic (exact) mass is 250 g/mol. The minimum absolute atomic E-state index is 0.201. The Hall–Kier alpha value is -0.870. The van der Waals surface area contributed by atoms with Crippen LogP contribution in [0.25, 0.3) is 0 Å². The predicted molar refractivity (Wildman–Crippen MR) is 74.6 cm³/mol. The first-order valence-corrected chi connectivity index (χ1v) is 7.09. The number of aromatic nitrogens is 2. The van der Waals surface area contributed by atoms with E-state index in [2.05, 4.69) is 24.1 Å². The molecule has 1 aliphatic heterocycles. The van der Waals surface area contributed by atoms with E-state index in [0.717, 1.165) is 19.5 Å². The summed E-state index contributed by atoms with van der Waals surface area (Å²) < 4.78 is 2.05. The van der Waals surface area contributed by atoms with Crippen molar-refractivity contribution in [3.8, 4) is 0 Å². The summed E-state index contributed by atoms with van der Waals surface area (Å²) in [5.41, 5.74) is 9.38. The van der Waals surface area contributed by atoms with Crippen LogP contribution in [0, 0.1) is 0 Å². The number of nitrogens with two attached hydrogens (primary N) is 1. The van der Waals surface area contributed by atoms with Gasteiger partial charge in [0, 0.05) is 24.2 Å². The molecule has 4 nitrogen and oxygen atoms in total. The maximum Gasteiger partial charge on any atom is 0.0525 e. The third-order valence-electron chi connectivity index (χ3n) is 4.52. The molecule has 2 aliphatic rings. The fraction of sp³-hybridized carbons (Fsp3) is 0.786. The van der Waals surface area contributed by atoms with Crippen molar-refractivity contribution < 1.29 is 0 Å². The summed E-state index contributed by atoms with van der Waals surface area (Å²) in [6.45, 7) is 6.30. The summed E-state index contributed by atoms with van der Waals surface area (Å²) in [5, 5.41) is 4.39. The molecule has 1 atom stereocenters. The Labute approximate surface area is 110 Å². The van der Waals surface area contributed by atoms with Gasteiger partial charge in [0.15, 0.2) is 0 Å². The Morgan fingerprint density at radius 2 is 1.89 bits per heavy atom. The predicted octanol–water partition coefficient (Wildman–Crippen LogP) is 1.29. The highest BCUT2D eigenvalue weighted by atomic mass is 15.3. The summed E-state index contributed by atoms with van der Waals surface area (Å²) >= 11 is 0. The second kappa shape index (κ2) is 5.02. The van der Waals surface area contributed by atoms with Crippen molar-refractivity contribution in [1.29, 1.82) is 0 Å². The van der Waals surface area contributed by atoms with Crippen LogP contribution >= 0.6 is 0 Å². The Balaban J connectivity index is 0.000000574. The molecule has 4 heteroatoms. The van der Waals surface area contributed by atoms with Crippen molar-refractivity contribution in [2.45, 2.75) is 44.6 Å². The van der Waals surface area contributed by atoms with E-state index in [0.29, 0.717) is 6.04 Å². The van der Waals surface area contributed by atoms with Crippen molar-refractivity contribution in [3.63, 3.8) is 0 Å².